The zero-order valence-electron chi connectivity index (χ0n) is 11.5. The molecule has 2 heterocycles. The van der Waals surface area contributed by atoms with Crippen LogP contribution in [0, 0.1) is 5.92 Å². The molecule has 0 bridgehead atoms. The standard InChI is InChI=1S/C15H26N2O/c1-13(12-15-5-3-11-18-15)17-8-2-4-14-6-9-16-10-7-14/h3,5,11,13-14,16-17H,2,4,6-10,12H2,1H3. The number of hydrogen-bond donors (Lipinski definition) is 2. The summed E-state index contributed by atoms with van der Waals surface area (Å²) in [5, 5.41) is 7.01. The van der Waals surface area contributed by atoms with E-state index in [0.717, 1.165) is 24.6 Å². The van der Waals surface area contributed by atoms with Crippen molar-refractivity contribution in [1.82, 2.24) is 10.6 Å². The summed E-state index contributed by atoms with van der Waals surface area (Å²) < 4.78 is 5.36. The lowest BCUT2D eigenvalue weighted by Crippen LogP contribution is -2.30. The van der Waals surface area contributed by atoms with Gasteiger partial charge < -0.3 is 15.1 Å². The van der Waals surface area contributed by atoms with Gasteiger partial charge in [0.05, 0.1) is 6.26 Å². The van der Waals surface area contributed by atoms with Crippen LogP contribution in [0.5, 0.6) is 0 Å². The molecule has 0 saturated carbocycles. The predicted octanol–water partition coefficient (Wildman–Crippen LogP) is 2.58. The minimum atomic E-state index is 0.504. The molecule has 0 aromatic carbocycles. The molecule has 3 nitrogen and oxygen atoms in total. The Morgan fingerprint density at radius 1 is 1.44 bits per heavy atom. The van der Waals surface area contributed by atoms with E-state index in [9.17, 15) is 0 Å². The van der Waals surface area contributed by atoms with Gasteiger partial charge in [0.25, 0.3) is 0 Å². The number of nitrogens with one attached hydrogen (secondary N) is 2. The van der Waals surface area contributed by atoms with Crippen LogP contribution in [0.1, 0.15) is 38.4 Å². The molecule has 1 aromatic heterocycles. The van der Waals surface area contributed by atoms with E-state index < -0.39 is 0 Å². The van der Waals surface area contributed by atoms with E-state index in [-0.39, 0.29) is 0 Å². The highest BCUT2D eigenvalue weighted by Crippen LogP contribution is 2.17. The minimum absolute atomic E-state index is 0.504. The Morgan fingerprint density at radius 3 is 3.00 bits per heavy atom. The van der Waals surface area contributed by atoms with E-state index >= 15 is 0 Å². The topological polar surface area (TPSA) is 37.2 Å². The van der Waals surface area contributed by atoms with Crippen LogP contribution in [-0.2, 0) is 6.42 Å². The predicted molar refractivity (Wildman–Crippen MR) is 74.7 cm³/mol. The molecule has 0 spiro atoms. The fourth-order valence-electron chi connectivity index (χ4n) is 2.71. The molecule has 102 valence electrons. The maximum atomic E-state index is 5.36. The lowest BCUT2D eigenvalue weighted by Gasteiger charge is -2.22. The van der Waals surface area contributed by atoms with Crippen LogP contribution in [0.2, 0.25) is 0 Å². The number of hydrogen-bond acceptors (Lipinski definition) is 3. The van der Waals surface area contributed by atoms with Crippen LogP contribution in [0.4, 0.5) is 0 Å². The van der Waals surface area contributed by atoms with E-state index in [1.165, 1.54) is 38.8 Å². The first-order chi connectivity index (χ1) is 8.84. The van der Waals surface area contributed by atoms with E-state index in [1.54, 1.807) is 6.26 Å². The SMILES string of the molecule is CC(Cc1ccco1)NCCCC1CCNCC1. The molecule has 18 heavy (non-hydrogen) atoms. The first-order valence-electron chi connectivity index (χ1n) is 7.31. The third-order valence-corrected chi connectivity index (χ3v) is 3.83. The second kappa shape index (κ2) is 7.59. The van der Waals surface area contributed by atoms with Gasteiger partial charge in [-0.1, -0.05) is 0 Å². The molecular weight excluding hydrogens is 224 g/mol. The van der Waals surface area contributed by atoms with Crippen LogP contribution >= 0.6 is 0 Å². The van der Waals surface area contributed by atoms with Crippen LogP contribution in [0.15, 0.2) is 22.8 Å². The number of piperidine rings is 1. The Balaban J connectivity index is 1.52. The summed E-state index contributed by atoms with van der Waals surface area (Å²) in [6.07, 6.45) is 8.14. The van der Waals surface area contributed by atoms with E-state index in [1.807, 2.05) is 12.1 Å². The molecule has 3 heteroatoms. The molecule has 1 saturated heterocycles. The van der Waals surface area contributed by atoms with Gasteiger partial charge >= 0.3 is 0 Å². The molecule has 1 fully saturated rings. The molecule has 1 aliphatic heterocycles. The lowest BCUT2D eigenvalue weighted by atomic mass is 9.93. The molecule has 1 aromatic rings. The molecule has 0 amide bonds. The highest BCUT2D eigenvalue weighted by molar-refractivity contribution is 4.99. The quantitative estimate of drug-likeness (QED) is 0.730. The molecule has 0 radical (unpaired) electrons. The molecule has 1 atom stereocenters. The maximum absolute atomic E-state index is 5.36. The maximum Gasteiger partial charge on any atom is 0.105 e. The zero-order valence-corrected chi connectivity index (χ0v) is 11.5. The highest BCUT2D eigenvalue weighted by Gasteiger charge is 2.12. The molecule has 2 N–H and O–H groups in total. The molecule has 1 aliphatic rings. The van der Waals surface area contributed by atoms with Crippen LogP contribution in [-0.4, -0.2) is 25.7 Å². The van der Waals surface area contributed by atoms with Crippen molar-refractivity contribution in [3.05, 3.63) is 24.2 Å². The average molecular weight is 250 g/mol. The summed E-state index contributed by atoms with van der Waals surface area (Å²) in [4.78, 5) is 0. The Bertz CT molecular complexity index is 304. The third kappa shape index (κ3) is 4.83. The highest BCUT2D eigenvalue weighted by atomic mass is 16.3. The molecule has 2 rings (SSSR count). The van der Waals surface area contributed by atoms with Crippen molar-refractivity contribution in [2.45, 2.75) is 45.1 Å². The molecular formula is C15H26N2O. The van der Waals surface area contributed by atoms with Gasteiger partial charge in [0.15, 0.2) is 0 Å². The van der Waals surface area contributed by atoms with Gasteiger partial charge in [-0.25, -0.2) is 0 Å². The first-order valence-corrected chi connectivity index (χ1v) is 7.31. The summed E-state index contributed by atoms with van der Waals surface area (Å²) in [5.74, 6) is 2.03. The van der Waals surface area contributed by atoms with Crippen molar-refractivity contribution in [2.24, 2.45) is 5.92 Å². The van der Waals surface area contributed by atoms with Crippen LogP contribution < -0.4 is 10.6 Å². The van der Waals surface area contributed by atoms with Gasteiger partial charge in [-0.2, -0.15) is 0 Å². The summed E-state index contributed by atoms with van der Waals surface area (Å²) in [7, 11) is 0. The van der Waals surface area contributed by atoms with Crippen molar-refractivity contribution in [3.63, 3.8) is 0 Å². The smallest absolute Gasteiger partial charge is 0.105 e. The Hall–Kier alpha value is -0.800. The van der Waals surface area contributed by atoms with Gasteiger partial charge in [0.1, 0.15) is 5.76 Å². The summed E-state index contributed by atoms with van der Waals surface area (Å²) in [6.45, 7) is 5.79. The zero-order chi connectivity index (χ0) is 12.6. The van der Waals surface area contributed by atoms with E-state index in [2.05, 4.69) is 17.6 Å². The van der Waals surface area contributed by atoms with Crippen molar-refractivity contribution in [3.8, 4) is 0 Å². The number of rotatable bonds is 7. The fourth-order valence-corrected chi connectivity index (χ4v) is 2.71. The van der Waals surface area contributed by atoms with Gasteiger partial charge in [-0.05, 0) is 70.3 Å². The van der Waals surface area contributed by atoms with E-state index in [4.69, 9.17) is 4.42 Å². The minimum Gasteiger partial charge on any atom is -0.469 e. The molecule has 0 aliphatic carbocycles. The van der Waals surface area contributed by atoms with Crippen LogP contribution in [0.25, 0.3) is 0 Å². The summed E-state index contributed by atoms with van der Waals surface area (Å²) in [6, 6.07) is 4.51. The van der Waals surface area contributed by atoms with Crippen LogP contribution in [0.3, 0.4) is 0 Å². The Morgan fingerprint density at radius 2 is 2.28 bits per heavy atom. The fraction of sp³-hybridized carbons (Fsp3) is 0.733. The van der Waals surface area contributed by atoms with E-state index in [0.29, 0.717) is 6.04 Å². The van der Waals surface area contributed by atoms with Gasteiger partial charge in [0.2, 0.25) is 0 Å². The normalized spacial score (nSPS) is 18.9. The Kier molecular flexibility index (Phi) is 5.75. The lowest BCUT2D eigenvalue weighted by molar-refractivity contribution is 0.341. The van der Waals surface area contributed by atoms with Gasteiger partial charge in [0, 0.05) is 12.5 Å². The van der Waals surface area contributed by atoms with Gasteiger partial charge in [-0.3, -0.25) is 0 Å². The van der Waals surface area contributed by atoms with Crippen molar-refractivity contribution < 1.29 is 4.42 Å². The monoisotopic (exact) mass is 250 g/mol. The van der Waals surface area contributed by atoms with Crippen molar-refractivity contribution in [1.29, 1.82) is 0 Å². The van der Waals surface area contributed by atoms with Gasteiger partial charge in [-0.15, -0.1) is 0 Å². The Labute approximate surface area is 110 Å². The molecule has 1 unspecified atom stereocenters. The summed E-state index contributed by atoms with van der Waals surface area (Å²) in [5.41, 5.74) is 0. The average Bonchev–Trinajstić information content (AvgIpc) is 2.89. The third-order valence-electron chi connectivity index (χ3n) is 3.83. The van der Waals surface area contributed by atoms with Crippen molar-refractivity contribution in [2.75, 3.05) is 19.6 Å². The largest absolute Gasteiger partial charge is 0.469 e. The first kappa shape index (κ1) is 13.6. The second-order valence-corrected chi connectivity index (χ2v) is 5.47. The number of furan rings is 1. The second-order valence-electron chi connectivity index (χ2n) is 5.47. The summed E-state index contributed by atoms with van der Waals surface area (Å²) >= 11 is 0. The van der Waals surface area contributed by atoms with Crippen molar-refractivity contribution >= 4 is 0 Å².